The summed E-state index contributed by atoms with van der Waals surface area (Å²) in [5.74, 6) is -0.812. The Kier molecular flexibility index (Phi) is 4.93. The van der Waals surface area contributed by atoms with Crippen LogP contribution in [-0.4, -0.2) is 52.8 Å². The number of amides is 1. The van der Waals surface area contributed by atoms with Crippen molar-refractivity contribution in [2.75, 3.05) is 25.1 Å². The van der Waals surface area contributed by atoms with Gasteiger partial charge < -0.3 is 19.3 Å². The summed E-state index contributed by atoms with van der Waals surface area (Å²) < 4.78 is 38.9. The van der Waals surface area contributed by atoms with Gasteiger partial charge in [-0.2, -0.15) is 10.2 Å². The second-order valence-electron chi connectivity index (χ2n) is 8.27. The SMILES string of the molecule is COc1nc(N2CCC3(CC2)O[C@@H]2CC[C@@H](c4cc(F)cc(F)c4)N2C3=O)ncc1C#N. The number of hydrogen-bond acceptors (Lipinski definition) is 7. The maximum Gasteiger partial charge on any atom is 0.257 e. The predicted octanol–water partition coefficient (Wildman–Crippen LogP) is 2.69. The summed E-state index contributed by atoms with van der Waals surface area (Å²) in [6.45, 7) is 0.973. The molecule has 1 aromatic carbocycles. The molecule has 2 aromatic rings. The summed E-state index contributed by atoms with van der Waals surface area (Å²) in [4.78, 5) is 25.6. The van der Waals surface area contributed by atoms with Crippen LogP contribution in [0.4, 0.5) is 14.7 Å². The van der Waals surface area contributed by atoms with E-state index in [4.69, 9.17) is 14.7 Å². The third kappa shape index (κ3) is 3.24. The van der Waals surface area contributed by atoms with E-state index in [0.29, 0.717) is 50.3 Å². The van der Waals surface area contributed by atoms with Crippen molar-refractivity contribution in [3.05, 3.63) is 47.2 Å². The number of halogens is 2. The number of rotatable bonds is 3. The Bertz CT molecular complexity index is 1090. The number of anilines is 1. The van der Waals surface area contributed by atoms with Crippen LogP contribution in [0.2, 0.25) is 0 Å². The lowest BCUT2D eigenvalue weighted by Crippen LogP contribution is -2.50. The van der Waals surface area contributed by atoms with Gasteiger partial charge in [-0.15, -0.1) is 0 Å². The molecule has 0 aliphatic carbocycles. The summed E-state index contributed by atoms with van der Waals surface area (Å²) in [6, 6.07) is 4.98. The molecule has 1 amide bonds. The number of aromatic nitrogens is 2. The molecule has 10 heteroatoms. The molecule has 0 N–H and O–H groups in total. The van der Waals surface area contributed by atoms with Crippen LogP contribution in [0.3, 0.4) is 0 Å². The summed E-state index contributed by atoms with van der Waals surface area (Å²) >= 11 is 0. The van der Waals surface area contributed by atoms with Gasteiger partial charge in [0.25, 0.3) is 5.91 Å². The third-order valence-corrected chi connectivity index (χ3v) is 6.50. The van der Waals surface area contributed by atoms with E-state index < -0.39 is 29.5 Å². The van der Waals surface area contributed by atoms with Crippen molar-refractivity contribution >= 4 is 11.9 Å². The van der Waals surface area contributed by atoms with Gasteiger partial charge in [0.2, 0.25) is 11.8 Å². The Morgan fingerprint density at radius 1 is 1.22 bits per heavy atom. The van der Waals surface area contributed by atoms with Crippen LogP contribution in [0, 0.1) is 23.0 Å². The first-order chi connectivity index (χ1) is 15.4. The number of fused-ring (bicyclic) bond motifs is 1. The molecule has 0 saturated carbocycles. The van der Waals surface area contributed by atoms with Gasteiger partial charge in [0.15, 0.2) is 5.60 Å². The fourth-order valence-corrected chi connectivity index (χ4v) is 4.95. The maximum absolute atomic E-state index is 13.8. The third-order valence-electron chi connectivity index (χ3n) is 6.50. The van der Waals surface area contributed by atoms with Crippen LogP contribution in [0.25, 0.3) is 0 Å². The Hall–Kier alpha value is -3.32. The molecule has 2 atom stereocenters. The highest BCUT2D eigenvalue weighted by molar-refractivity contribution is 5.88. The van der Waals surface area contributed by atoms with Crippen molar-refractivity contribution in [1.82, 2.24) is 14.9 Å². The maximum atomic E-state index is 13.8. The number of benzene rings is 1. The molecule has 1 spiro atoms. The molecule has 1 aromatic heterocycles. The molecule has 3 aliphatic heterocycles. The van der Waals surface area contributed by atoms with Crippen LogP contribution in [0.1, 0.15) is 42.9 Å². The highest BCUT2D eigenvalue weighted by Crippen LogP contribution is 2.48. The van der Waals surface area contributed by atoms with Gasteiger partial charge >= 0.3 is 0 Å². The van der Waals surface area contributed by atoms with E-state index in [1.807, 2.05) is 11.0 Å². The number of nitriles is 1. The molecule has 3 fully saturated rings. The van der Waals surface area contributed by atoms with Crippen molar-refractivity contribution in [2.45, 2.75) is 43.6 Å². The summed E-state index contributed by atoms with van der Waals surface area (Å²) in [7, 11) is 1.44. The number of nitrogens with zero attached hydrogens (tertiary/aromatic N) is 5. The van der Waals surface area contributed by atoms with Gasteiger partial charge in [-0.3, -0.25) is 4.79 Å². The largest absolute Gasteiger partial charge is 0.480 e. The fraction of sp³-hybridized carbons (Fsp3) is 0.455. The van der Waals surface area contributed by atoms with Crippen LogP contribution >= 0.6 is 0 Å². The van der Waals surface area contributed by atoms with Crippen LogP contribution in [0.5, 0.6) is 5.88 Å². The Balaban J connectivity index is 1.33. The normalized spacial score (nSPS) is 24.0. The lowest BCUT2D eigenvalue weighted by atomic mass is 9.89. The van der Waals surface area contributed by atoms with E-state index in [0.717, 1.165) is 6.07 Å². The Morgan fingerprint density at radius 2 is 1.94 bits per heavy atom. The minimum absolute atomic E-state index is 0.132. The van der Waals surface area contributed by atoms with Crippen molar-refractivity contribution in [2.24, 2.45) is 0 Å². The van der Waals surface area contributed by atoms with Crippen molar-refractivity contribution < 1.29 is 23.0 Å². The number of methoxy groups -OCH3 is 1. The first-order valence-electron chi connectivity index (χ1n) is 10.5. The van der Waals surface area contributed by atoms with Gasteiger partial charge in [-0.05, 0) is 30.5 Å². The molecule has 32 heavy (non-hydrogen) atoms. The molecule has 0 bridgehead atoms. The first kappa shape index (κ1) is 20.6. The molecule has 3 aliphatic rings. The van der Waals surface area contributed by atoms with E-state index in [2.05, 4.69) is 9.97 Å². The van der Waals surface area contributed by atoms with Gasteiger partial charge in [-0.25, -0.2) is 13.8 Å². The fourth-order valence-electron chi connectivity index (χ4n) is 4.95. The highest BCUT2D eigenvalue weighted by Gasteiger charge is 2.58. The molecule has 0 radical (unpaired) electrons. The van der Waals surface area contributed by atoms with E-state index >= 15 is 0 Å². The van der Waals surface area contributed by atoms with E-state index in [1.165, 1.54) is 25.4 Å². The average Bonchev–Trinajstić information content (AvgIpc) is 3.31. The summed E-state index contributed by atoms with van der Waals surface area (Å²) in [5, 5.41) is 9.11. The van der Waals surface area contributed by atoms with Crippen LogP contribution < -0.4 is 9.64 Å². The smallest absolute Gasteiger partial charge is 0.257 e. The number of ether oxygens (including phenoxy) is 2. The van der Waals surface area contributed by atoms with Gasteiger partial charge in [0.1, 0.15) is 29.5 Å². The zero-order valence-electron chi connectivity index (χ0n) is 17.4. The van der Waals surface area contributed by atoms with E-state index in [-0.39, 0.29) is 17.4 Å². The monoisotopic (exact) mass is 441 g/mol. The lowest BCUT2D eigenvalue weighted by molar-refractivity contribution is -0.140. The van der Waals surface area contributed by atoms with E-state index in [1.54, 1.807) is 4.90 Å². The molecule has 3 saturated heterocycles. The molecule has 0 unspecified atom stereocenters. The van der Waals surface area contributed by atoms with Crippen LogP contribution in [-0.2, 0) is 9.53 Å². The summed E-state index contributed by atoms with van der Waals surface area (Å²) in [5.41, 5.74) is -0.253. The molecule has 166 valence electrons. The minimum Gasteiger partial charge on any atom is -0.480 e. The molecular formula is C22H21F2N5O3. The molecule has 8 nitrogen and oxygen atoms in total. The average molecular weight is 441 g/mol. The first-order valence-corrected chi connectivity index (χ1v) is 10.5. The highest BCUT2D eigenvalue weighted by atomic mass is 19.1. The number of piperidine rings is 1. The van der Waals surface area contributed by atoms with Gasteiger partial charge in [-0.1, -0.05) is 0 Å². The quantitative estimate of drug-likeness (QED) is 0.723. The lowest BCUT2D eigenvalue weighted by Gasteiger charge is -2.37. The number of carbonyl (C=O) groups excluding carboxylic acids is 1. The minimum atomic E-state index is -0.956. The van der Waals surface area contributed by atoms with Gasteiger partial charge in [0.05, 0.1) is 19.3 Å². The number of carbonyl (C=O) groups is 1. The second kappa shape index (κ2) is 7.67. The van der Waals surface area contributed by atoms with Gasteiger partial charge in [0, 0.05) is 32.0 Å². The zero-order valence-corrected chi connectivity index (χ0v) is 17.4. The standard InChI is InChI=1S/C22H21F2N5O3/c1-31-19-14(11-25)12-26-21(27-19)28-6-4-22(5-7-28)20(30)29-17(2-3-18(29)32-22)13-8-15(23)10-16(24)9-13/h8-10,12,17-18H,2-7H2,1H3/t17-,18+/m0/s1. The summed E-state index contributed by atoms with van der Waals surface area (Å²) in [6.07, 6.45) is 3.12. The van der Waals surface area contributed by atoms with E-state index in [9.17, 15) is 13.6 Å². The van der Waals surface area contributed by atoms with Crippen molar-refractivity contribution in [1.29, 1.82) is 5.26 Å². The molecule has 5 rings (SSSR count). The topological polar surface area (TPSA) is 91.6 Å². The van der Waals surface area contributed by atoms with Crippen LogP contribution in [0.15, 0.2) is 24.4 Å². The molecular weight excluding hydrogens is 420 g/mol. The zero-order chi connectivity index (χ0) is 22.5. The Labute approximate surface area is 183 Å². The van der Waals surface area contributed by atoms with Crippen molar-refractivity contribution in [3.8, 4) is 11.9 Å². The predicted molar refractivity (Wildman–Crippen MR) is 108 cm³/mol. The molecule has 4 heterocycles. The number of hydrogen-bond donors (Lipinski definition) is 0. The Morgan fingerprint density at radius 3 is 2.59 bits per heavy atom. The van der Waals surface area contributed by atoms with Crippen molar-refractivity contribution in [3.63, 3.8) is 0 Å². The second-order valence-corrected chi connectivity index (χ2v) is 8.27.